The van der Waals surface area contributed by atoms with Gasteiger partial charge in [-0.1, -0.05) is 32.4 Å². The first kappa shape index (κ1) is 36.8. The van der Waals surface area contributed by atoms with Gasteiger partial charge in [0.1, 0.15) is 22.8 Å². The Bertz CT molecular complexity index is 1350. The van der Waals surface area contributed by atoms with Gasteiger partial charge in [-0.05, 0) is 104 Å². The molecular formula is C36H53NO10. The monoisotopic (exact) mass is 659 g/mol. The number of fused-ring (bicyclic) bond motifs is 5. The number of amides is 1. The molecule has 262 valence electrons. The van der Waals surface area contributed by atoms with E-state index in [9.17, 15) is 34.2 Å². The highest BCUT2D eigenvalue weighted by molar-refractivity contribution is 6.01. The molecule has 0 aromatic rings. The van der Waals surface area contributed by atoms with Gasteiger partial charge in [-0.3, -0.25) is 14.4 Å². The van der Waals surface area contributed by atoms with E-state index in [1.165, 1.54) is 0 Å². The number of esters is 2. The molecule has 4 aliphatic rings. The lowest BCUT2D eigenvalue weighted by Crippen LogP contribution is -2.62. The summed E-state index contributed by atoms with van der Waals surface area (Å²) in [4.78, 5) is 64.2. The van der Waals surface area contributed by atoms with Crippen molar-refractivity contribution >= 4 is 29.6 Å². The third-order valence-electron chi connectivity index (χ3n) is 10.8. The third kappa shape index (κ3) is 7.36. The molecule has 0 radical (unpaired) electrons. The number of Topliss-reactive ketones (excluding diaryl/α,β-unsaturated/α-hetero) is 1. The van der Waals surface area contributed by atoms with Gasteiger partial charge in [-0.2, -0.15) is 0 Å². The SMILES string of the molecule is CC1CC2C(C(O)CC3(C)C2CCC3(O)C(=O)COC(=O)C(CCC(=O)OC(C)(C)C)NC(=O)OC(C)(C)C)C2(C)C=CC(=O)C=C12. The molecule has 9 atom stereocenters. The van der Waals surface area contributed by atoms with Crippen molar-refractivity contribution in [2.45, 2.75) is 130 Å². The van der Waals surface area contributed by atoms with Crippen molar-refractivity contribution in [1.29, 1.82) is 0 Å². The number of carbonyl (C=O) groups excluding carboxylic acids is 5. The smallest absolute Gasteiger partial charge is 0.408 e. The Hall–Kier alpha value is -3.05. The summed E-state index contributed by atoms with van der Waals surface area (Å²) >= 11 is 0. The zero-order chi connectivity index (χ0) is 35.3. The fourth-order valence-electron chi connectivity index (χ4n) is 8.92. The van der Waals surface area contributed by atoms with Crippen molar-refractivity contribution in [3.05, 3.63) is 23.8 Å². The van der Waals surface area contributed by atoms with Crippen LogP contribution < -0.4 is 5.32 Å². The molecule has 11 nitrogen and oxygen atoms in total. The number of hydrogen-bond donors (Lipinski definition) is 3. The van der Waals surface area contributed by atoms with E-state index in [4.69, 9.17) is 14.2 Å². The van der Waals surface area contributed by atoms with Crippen molar-refractivity contribution in [3.8, 4) is 0 Å². The molecule has 0 aromatic carbocycles. The molecular weight excluding hydrogens is 606 g/mol. The average molecular weight is 660 g/mol. The summed E-state index contributed by atoms with van der Waals surface area (Å²) in [6, 6.07) is -1.31. The zero-order valence-electron chi connectivity index (χ0n) is 29.3. The summed E-state index contributed by atoms with van der Waals surface area (Å²) in [5, 5.41) is 26.2. The van der Waals surface area contributed by atoms with Gasteiger partial charge in [0.05, 0.1) is 6.10 Å². The molecule has 11 heteroatoms. The van der Waals surface area contributed by atoms with Crippen molar-refractivity contribution in [3.63, 3.8) is 0 Å². The molecule has 0 spiro atoms. The topological polar surface area (TPSA) is 166 Å². The molecule has 0 aromatic heterocycles. The van der Waals surface area contributed by atoms with Crippen LogP contribution in [-0.2, 0) is 33.4 Å². The fourth-order valence-corrected chi connectivity index (χ4v) is 8.92. The maximum Gasteiger partial charge on any atom is 0.408 e. The second kappa shape index (κ2) is 12.8. The lowest BCUT2D eigenvalue weighted by atomic mass is 9.45. The summed E-state index contributed by atoms with van der Waals surface area (Å²) in [5.74, 6) is -2.43. The summed E-state index contributed by atoms with van der Waals surface area (Å²) < 4.78 is 16.0. The van der Waals surface area contributed by atoms with E-state index in [0.29, 0.717) is 6.42 Å². The van der Waals surface area contributed by atoms with E-state index < -0.39 is 70.2 Å². The number of alkyl carbamates (subject to hydrolysis) is 1. The highest BCUT2D eigenvalue weighted by atomic mass is 16.6. The molecule has 4 aliphatic carbocycles. The van der Waals surface area contributed by atoms with Crippen LogP contribution in [0.25, 0.3) is 0 Å². The number of rotatable bonds is 8. The molecule has 47 heavy (non-hydrogen) atoms. The molecule has 9 unspecified atom stereocenters. The fraction of sp³-hybridized carbons (Fsp3) is 0.750. The highest BCUT2D eigenvalue weighted by Crippen LogP contribution is 2.67. The number of hydrogen-bond acceptors (Lipinski definition) is 10. The van der Waals surface area contributed by atoms with Gasteiger partial charge in [0, 0.05) is 23.2 Å². The number of ketones is 2. The van der Waals surface area contributed by atoms with Gasteiger partial charge in [0.15, 0.2) is 12.4 Å². The Morgan fingerprint density at radius 1 is 1.06 bits per heavy atom. The Balaban J connectivity index is 1.48. The number of ether oxygens (including phenoxy) is 3. The van der Waals surface area contributed by atoms with Crippen LogP contribution in [0.1, 0.15) is 101 Å². The molecule has 0 aliphatic heterocycles. The van der Waals surface area contributed by atoms with Gasteiger partial charge in [0.2, 0.25) is 5.78 Å². The van der Waals surface area contributed by atoms with E-state index >= 15 is 0 Å². The Morgan fingerprint density at radius 2 is 1.70 bits per heavy atom. The minimum absolute atomic E-state index is 0.00149. The molecule has 0 saturated heterocycles. The number of aliphatic hydroxyl groups excluding tert-OH is 1. The zero-order valence-corrected chi connectivity index (χ0v) is 29.3. The Kier molecular flexibility index (Phi) is 9.99. The van der Waals surface area contributed by atoms with Gasteiger partial charge in [-0.15, -0.1) is 0 Å². The number of nitrogens with one attached hydrogen (secondary N) is 1. The van der Waals surface area contributed by atoms with Gasteiger partial charge >= 0.3 is 18.0 Å². The van der Waals surface area contributed by atoms with Crippen molar-refractivity contribution in [2.75, 3.05) is 6.61 Å². The first-order chi connectivity index (χ1) is 21.5. The Labute approximate surface area is 277 Å². The van der Waals surface area contributed by atoms with Crippen LogP contribution >= 0.6 is 0 Å². The molecule has 3 saturated carbocycles. The minimum atomic E-state index is -1.85. The van der Waals surface area contributed by atoms with E-state index in [1.54, 1.807) is 53.7 Å². The first-order valence-corrected chi connectivity index (χ1v) is 16.8. The van der Waals surface area contributed by atoms with Gasteiger partial charge < -0.3 is 29.7 Å². The van der Waals surface area contributed by atoms with Gasteiger partial charge in [-0.25, -0.2) is 9.59 Å². The average Bonchev–Trinajstić information content (AvgIpc) is 3.19. The summed E-state index contributed by atoms with van der Waals surface area (Å²) in [5.41, 5.74) is -3.91. The predicted octanol–water partition coefficient (Wildman–Crippen LogP) is 4.37. The van der Waals surface area contributed by atoms with Crippen molar-refractivity contribution in [1.82, 2.24) is 5.32 Å². The molecule has 0 heterocycles. The lowest BCUT2D eigenvalue weighted by Gasteiger charge is -2.60. The van der Waals surface area contributed by atoms with Crippen LogP contribution in [0.3, 0.4) is 0 Å². The highest BCUT2D eigenvalue weighted by Gasteiger charge is 2.68. The van der Waals surface area contributed by atoms with Crippen LogP contribution in [0.4, 0.5) is 4.79 Å². The normalized spacial score (nSPS) is 35.4. The minimum Gasteiger partial charge on any atom is -0.460 e. The largest absolute Gasteiger partial charge is 0.460 e. The van der Waals surface area contributed by atoms with E-state index in [2.05, 4.69) is 19.2 Å². The molecule has 3 N–H and O–H groups in total. The number of carbonyl (C=O) groups is 5. The van der Waals surface area contributed by atoms with E-state index in [1.807, 2.05) is 13.0 Å². The second-order valence-electron chi connectivity index (χ2n) is 16.5. The molecule has 3 fully saturated rings. The number of aliphatic hydroxyl groups is 2. The van der Waals surface area contributed by atoms with Crippen LogP contribution in [0.15, 0.2) is 23.8 Å². The maximum absolute atomic E-state index is 13.8. The quantitative estimate of drug-likeness (QED) is 0.252. The summed E-state index contributed by atoms with van der Waals surface area (Å²) in [7, 11) is 0. The van der Waals surface area contributed by atoms with Crippen LogP contribution in [0.2, 0.25) is 0 Å². The Morgan fingerprint density at radius 3 is 2.32 bits per heavy atom. The van der Waals surface area contributed by atoms with Crippen molar-refractivity contribution < 1.29 is 48.4 Å². The number of allylic oxidation sites excluding steroid dienone is 4. The van der Waals surface area contributed by atoms with Crippen LogP contribution in [-0.4, -0.2) is 75.4 Å². The molecule has 0 bridgehead atoms. The first-order valence-electron chi connectivity index (χ1n) is 16.8. The molecule has 1 amide bonds. The lowest BCUT2D eigenvalue weighted by molar-refractivity contribution is -0.183. The van der Waals surface area contributed by atoms with Crippen LogP contribution in [0, 0.1) is 34.5 Å². The second-order valence-corrected chi connectivity index (χ2v) is 16.5. The van der Waals surface area contributed by atoms with Gasteiger partial charge in [0.25, 0.3) is 0 Å². The third-order valence-corrected chi connectivity index (χ3v) is 10.8. The standard InChI is InChI=1S/C36H53NO10/c1-20-16-22-23-13-15-36(44,35(23,9)18-26(39)29(22)34(8)14-12-21(38)17-24(20)34)27(40)19-45-30(42)25(37-31(43)47-33(5,6)7)10-11-28(41)46-32(2,3)4/h12,14,17,20,22-23,25-26,29,39,44H,10-11,13,15-16,18-19H2,1-9H3,(H,37,43). The van der Waals surface area contributed by atoms with E-state index in [0.717, 1.165) is 12.0 Å². The molecule has 4 rings (SSSR count). The summed E-state index contributed by atoms with van der Waals surface area (Å²) in [6.07, 6.45) is 4.70. The van der Waals surface area contributed by atoms with Crippen LogP contribution in [0.5, 0.6) is 0 Å². The maximum atomic E-state index is 13.8. The van der Waals surface area contributed by atoms with E-state index in [-0.39, 0.29) is 55.1 Å². The van der Waals surface area contributed by atoms with Crippen molar-refractivity contribution in [2.24, 2.45) is 34.5 Å². The summed E-state index contributed by atoms with van der Waals surface area (Å²) in [6.45, 7) is 15.4. The predicted molar refractivity (Wildman–Crippen MR) is 172 cm³/mol.